The lowest BCUT2D eigenvalue weighted by Crippen LogP contribution is -2.00. The summed E-state index contributed by atoms with van der Waals surface area (Å²) >= 11 is 0. The van der Waals surface area contributed by atoms with E-state index in [9.17, 15) is 0 Å². The van der Waals surface area contributed by atoms with Crippen molar-refractivity contribution in [2.24, 2.45) is 0 Å². The van der Waals surface area contributed by atoms with Gasteiger partial charge in [-0.05, 0) is 57.9 Å². The molecule has 13 rings (SSSR count). The van der Waals surface area contributed by atoms with E-state index in [4.69, 9.17) is 15.0 Å². The Balaban J connectivity index is 1.28. The average molecular weight is 738 g/mol. The minimum Gasteiger partial charge on any atom is -0.307 e. The van der Waals surface area contributed by atoms with Crippen LogP contribution in [0.4, 0.5) is 0 Å². The first kappa shape index (κ1) is 31.3. The Hall–Kier alpha value is -7.89. The third-order valence-corrected chi connectivity index (χ3v) is 12.0. The summed E-state index contributed by atoms with van der Waals surface area (Å²) in [7, 11) is 0. The van der Waals surface area contributed by atoms with Crippen LogP contribution in [-0.2, 0) is 0 Å². The van der Waals surface area contributed by atoms with Crippen LogP contribution in [0.2, 0.25) is 0 Å². The highest BCUT2D eigenvalue weighted by Gasteiger charge is 2.23. The van der Waals surface area contributed by atoms with Crippen LogP contribution in [0.5, 0.6) is 0 Å². The van der Waals surface area contributed by atoms with Crippen molar-refractivity contribution in [1.29, 1.82) is 0 Å². The van der Waals surface area contributed by atoms with Crippen LogP contribution in [-0.4, -0.2) is 23.8 Å². The van der Waals surface area contributed by atoms with Crippen LogP contribution in [0.1, 0.15) is 0 Å². The zero-order chi connectivity index (χ0) is 37.9. The van der Waals surface area contributed by atoms with Crippen molar-refractivity contribution in [3.8, 4) is 34.2 Å². The van der Waals surface area contributed by atoms with Crippen LogP contribution in [0.25, 0.3) is 121 Å². The maximum absolute atomic E-state index is 5.24. The lowest BCUT2D eigenvalue weighted by Gasteiger charge is -2.13. The summed E-state index contributed by atoms with van der Waals surface area (Å²) in [4.78, 5) is 15.5. The van der Waals surface area contributed by atoms with Crippen molar-refractivity contribution < 1.29 is 0 Å². The number of benzene rings is 9. The molecule has 0 saturated carbocycles. The Morgan fingerprint density at radius 3 is 1.59 bits per heavy atom. The summed E-state index contributed by atoms with van der Waals surface area (Å²) in [6, 6.07) is 67.4. The molecule has 0 bridgehead atoms. The third-order valence-electron chi connectivity index (χ3n) is 12.0. The van der Waals surface area contributed by atoms with Gasteiger partial charge in [-0.3, -0.25) is 0 Å². The van der Waals surface area contributed by atoms with E-state index in [1.807, 2.05) is 36.4 Å². The largest absolute Gasteiger partial charge is 0.307 e. The summed E-state index contributed by atoms with van der Waals surface area (Å²) in [5, 5.41) is 12.0. The van der Waals surface area contributed by atoms with Gasteiger partial charge >= 0.3 is 0 Å². The van der Waals surface area contributed by atoms with Crippen molar-refractivity contribution in [3.63, 3.8) is 0 Å². The molecule has 58 heavy (non-hydrogen) atoms. The van der Waals surface area contributed by atoms with E-state index < -0.39 is 0 Å². The highest BCUT2D eigenvalue weighted by atomic mass is 15.0. The van der Waals surface area contributed by atoms with Gasteiger partial charge in [0.1, 0.15) is 0 Å². The van der Waals surface area contributed by atoms with Crippen LogP contribution < -0.4 is 0 Å². The smallest absolute Gasteiger partial charge is 0.164 e. The van der Waals surface area contributed by atoms with Crippen molar-refractivity contribution in [2.45, 2.75) is 0 Å². The molecule has 0 radical (unpaired) electrons. The molecule has 0 N–H and O–H groups in total. The van der Waals surface area contributed by atoms with Crippen LogP contribution in [0, 0.1) is 0 Å². The van der Waals surface area contributed by atoms with Gasteiger partial charge in [0, 0.05) is 49.0 Å². The Morgan fingerprint density at radius 1 is 0.293 bits per heavy atom. The maximum Gasteiger partial charge on any atom is 0.164 e. The molecule has 0 amide bonds. The Labute approximate surface area is 331 Å². The van der Waals surface area contributed by atoms with Gasteiger partial charge in [-0.15, -0.1) is 0 Å². The Morgan fingerprint density at radius 2 is 0.828 bits per heavy atom. The first-order valence-electron chi connectivity index (χ1n) is 19.7. The monoisotopic (exact) mass is 737 g/mol. The zero-order valence-corrected chi connectivity index (χ0v) is 31.1. The molecule has 9 aromatic carbocycles. The molecule has 0 aliphatic rings. The molecule has 0 atom stereocenters. The third kappa shape index (κ3) is 4.33. The predicted molar refractivity (Wildman–Crippen MR) is 241 cm³/mol. The topological polar surface area (TPSA) is 47.5 Å². The highest BCUT2D eigenvalue weighted by molar-refractivity contribution is 6.31. The van der Waals surface area contributed by atoms with Gasteiger partial charge in [0.25, 0.3) is 0 Å². The minimum atomic E-state index is 0.639. The summed E-state index contributed by atoms with van der Waals surface area (Å²) in [5.41, 5.74) is 9.76. The number of aromatic nitrogens is 5. The van der Waals surface area contributed by atoms with E-state index in [1.165, 1.54) is 54.1 Å². The number of rotatable bonds is 3. The summed E-state index contributed by atoms with van der Waals surface area (Å²) in [5.74, 6) is 1.92. The van der Waals surface area contributed by atoms with Gasteiger partial charge in [0.2, 0.25) is 0 Å². The second-order valence-electron chi connectivity index (χ2n) is 15.2. The second-order valence-corrected chi connectivity index (χ2v) is 15.2. The van der Waals surface area contributed by atoms with Gasteiger partial charge in [-0.1, -0.05) is 152 Å². The van der Waals surface area contributed by atoms with Crippen LogP contribution in [0.15, 0.2) is 188 Å². The van der Waals surface area contributed by atoms with E-state index in [0.29, 0.717) is 17.5 Å². The molecule has 13 aromatic rings. The maximum atomic E-state index is 5.24. The average Bonchev–Trinajstić information content (AvgIpc) is 3.82. The molecule has 0 aliphatic carbocycles. The fourth-order valence-electron chi connectivity index (χ4n) is 9.57. The number of hydrogen-bond donors (Lipinski definition) is 0. The Bertz CT molecular complexity index is 3790. The molecule has 0 saturated heterocycles. The molecule has 0 unspecified atom stereocenters. The molecule has 0 aliphatic heterocycles. The van der Waals surface area contributed by atoms with E-state index >= 15 is 0 Å². The minimum absolute atomic E-state index is 0.639. The quantitative estimate of drug-likeness (QED) is 0.181. The van der Waals surface area contributed by atoms with Crippen LogP contribution in [0.3, 0.4) is 0 Å². The van der Waals surface area contributed by atoms with Crippen molar-refractivity contribution in [3.05, 3.63) is 188 Å². The number of nitrogens with zero attached hydrogens (tertiary/aromatic N) is 5. The van der Waals surface area contributed by atoms with E-state index in [2.05, 4.69) is 160 Å². The summed E-state index contributed by atoms with van der Waals surface area (Å²) in [6.07, 6.45) is 0. The zero-order valence-electron chi connectivity index (χ0n) is 31.1. The summed E-state index contributed by atoms with van der Waals surface area (Å²) in [6.45, 7) is 0. The summed E-state index contributed by atoms with van der Waals surface area (Å²) < 4.78 is 5.02. The normalized spacial score (nSPS) is 12.1. The molecule has 4 aromatic heterocycles. The van der Waals surface area contributed by atoms with E-state index in [0.717, 1.165) is 49.5 Å². The molecule has 268 valence electrons. The van der Waals surface area contributed by atoms with Gasteiger partial charge < -0.3 is 8.80 Å². The number of hydrogen-bond acceptors (Lipinski definition) is 3. The molecular weight excluding hydrogens is 707 g/mol. The molecule has 5 nitrogen and oxygen atoms in total. The Kier molecular flexibility index (Phi) is 6.38. The number of para-hydroxylation sites is 2. The molecule has 5 heteroatoms. The standard InChI is InChI=1S/C53H31N5/c1-3-15-32(16-4-1)51-54-52(33-17-5-2-6-18-33)56-53(55-51)40-25-14-27-44-47(40)39-24-13-28-45-49(39)58(44)46-31-35-20-8-7-19-34(35)29-41(46)42-30-36-21-9-10-22-37(36)48-38-23-11-12-26-43(38)57(45)50(42)48/h1-31H. The predicted octanol–water partition coefficient (Wildman–Crippen LogP) is 13.5. The fraction of sp³-hybridized carbons (Fsp3) is 0. The van der Waals surface area contributed by atoms with E-state index in [1.54, 1.807) is 0 Å². The first-order chi connectivity index (χ1) is 28.8. The van der Waals surface area contributed by atoms with Gasteiger partial charge in [0.15, 0.2) is 17.5 Å². The van der Waals surface area contributed by atoms with Crippen molar-refractivity contribution in [1.82, 2.24) is 23.8 Å². The molecule has 4 heterocycles. The first-order valence-corrected chi connectivity index (χ1v) is 19.7. The highest BCUT2D eigenvalue weighted by Crippen LogP contribution is 2.45. The van der Waals surface area contributed by atoms with Crippen LogP contribution >= 0.6 is 0 Å². The lowest BCUT2D eigenvalue weighted by atomic mass is 9.98. The van der Waals surface area contributed by atoms with E-state index in [-0.39, 0.29) is 0 Å². The molecule has 0 fully saturated rings. The van der Waals surface area contributed by atoms with Crippen molar-refractivity contribution >= 4 is 87.0 Å². The van der Waals surface area contributed by atoms with Gasteiger partial charge in [0.05, 0.1) is 33.1 Å². The number of fused-ring (bicyclic) bond motifs is 13. The SMILES string of the molecule is c1ccc(-c2nc(-c3ccccc3)nc(-c3cccc4c3c3cccc5c3n4c3cc4ccccc4cc3c3cc4ccccc4c4c6ccccc6n5c34)n2)cc1. The fourth-order valence-corrected chi connectivity index (χ4v) is 9.57. The lowest BCUT2D eigenvalue weighted by molar-refractivity contribution is 1.08. The van der Waals surface area contributed by atoms with Gasteiger partial charge in [-0.2, -0.15) is 0 Å². The van der Waals surface area contributed by atoms with Crippen molar-refractivity contribution in [2.75, 3.05) is 0 Å². The second kappa shape index (κ2) is 11.8. The molecule has 0 spiro atoms. The molecular formula is C53H31N5. The van der Waals surface area contributed by atoms with Gasteiger partial charge in [-0.25, -0.2) is 15.0 Å².